The molecule has 0 spiro atoms. The third-order valence-corrected chi connectivity index (χ3v) is 4.83. The van der Waals surface area contributed by atoms with Gasteiger partial charge < -0.3 is 10.3 Å². The molecule has 1 aromatic heterocycles. The first-order valence-electron chi connectivity index (χ1n) is 8.79. The zero-order valence-electron chi connectivity index (χ0n) is 15.1. The van der Waals surface area contributed by atoms with Crippen molar-refractivity contribution in [1.82, 2.24) is 4.57 Å². The number of aromatic nitrogens is 1. The van der Waals surface area contributed by atoms with Crippen LogP contribution in [-0.2, 0) is 6.42 Å². The third kappa shape index (κ3) is 3.69. The van der Waals surface area contributed by atoms with Crippen LogP contribution >= 0.6 is 0 Å². The van der Waals surface area contributed by atoms with Gasteiger partial charge in [0, 0.05) is 17.4 Å². The van der Waals surface area contributed by atoms with Gasteiger partial charge in [-0.2, -0.15) is 0 Å². The third-order valence-electron chi connectivity index (χ3n) is 4.83. The van der Waals surface area contributed by atoms with Crippen molar-refractivity contribution in [3.63, 3.8) is 0 Å². The molecule has 3 aromatic rings. The van der Waals surface area contributed by atoms with Crippen molar-refractivity contribution in [2.45, 2.75) is 32.7 Å². The minimum absolute atomic E-state index is 0.170. The minimum Gasteiger partial charge on any atom is -0.366 e. The van der Waals surface area contributed by atoms with Crippen LogP contribution in [0.5, 0.6) is 0 Å². The number of hydrogen-bond acceptors (Lipinski definition) is 1. The lowest BCUT2D eigenvalue weighted by molar-refractivity contribution is 0.0999. The van der Waals surface area contributed by atoms with Gasteiger partial charge in [-0.05, 0) is 68.1 Å². The molecule has 134 valence electrons. The van der Waals surface area contributed by atoms with E-state index in [1.807, 2.05) is 31.2 Å². The molecule has 0 saturated carbocycles. The molecule has 0 aliphatic carbocycles. The fourth-order valence-electron chi connectivity index (χ4n) is 3.43. The Hall–Kier alpha value is -2.88. The van der Waals surface area contributed by atoms with E-state index in [2.05, 4.69) is 23.6 Å². The zero-order valence-corrected chi connectivity index (χ0v) is 15.1. The van der Waals surface area contributed by atoms with Gasteiger partial charge in [-0.25, -0.2) is 4.39 Å². The number of hydrogen-bond donors (Lipinski definition) is 1. The van der Waals surface area contributed by atoms with E-state index in [0.29, 0.717) is 5.56 Å². The number of halogens is 1. The number of benzene rings is 2. The van der Waals surface area contributed by atoms with Crippen molar-refractivity contribution in [3.05, 3.63) is 83.3 Å². The average molecular weight is 350 g/mol. The van der Waals surface area contributed by atoms with Gasteiger partial charge in [-0.15, -0.1) is 0 Å². The van der Waals surface area contributed by atoms with E-state index in [1.165, 1.54) is 17.7 Å². The summed E-state index contributed by atoms with van der Waals surface area (Å²) >= 11 is 0. The molecule has 1 unspecified atom stereocenters. The molecule has 0 aliphatic rings. The monoisotopic (exact) mass is 350 g/mol. The van der Waals surface area contributed by atoms with Gasteiger partial charge in [0.05, 0.1) is 5.56 Å². The van der Waals surface area contributed by atoms with Gasteiger partial charge in [0.1, 0.15) is 5.82 Å². The van der Waals surface area contributed by atoms with Crippen LogP contribution in [0.2, 0.25) is 0 Å². The molecule has 0 aliphatic heterocycles. The van der Waals surface area contributed by atoms with Crippen molar-refractivity contribution in [2.24, 2.45) is 5.73 Å². The first-order valence-corrected chi connectivity index (χ1v) is 8.79. The van der Waals surface area contributed by atoms with Crippen molar-refractivity contribution in [3.8, 4) is 11.3 Å². The summed E-state index contributed by atoms with van der Waals surface area (Å²) in [5.74, 6) is -0.726. The Morgan fingerprint density at radius 3 is 2.38 bits per heavy atom. The van der Waals surface area contributed by atoms with Crippen LogP contribution in [0.15, 0.2) is 60.7 Å². The van der Waals surface area contributed by atoms with Crippen LogP contribution in [0.4, 0.5) is 4.39 Å². The molecule has 0 radical (unpaired) electrons. The Labute approximate surface area is 153 Å². The lowest BCUT2D eigenvalue weighted by Gasteiger charge is -2.20. The number of rotatable bonds is 6. The highest BCUT2D eigenvalue weighted by Gasteiger charge is 2.20. The number of amides is 1. The van der Waals surface area contributed by atoms with Crippen molar-refractivity contribution in [2.75, 3.05) is 0 Å². The number of nitrogens with two attached hydrogens (primary N) is 1. The first-order chi connectivity index (χ1) is 12.5. The van der Waals surface area contributed by atoms with Crippen LogP contribution in [-0.4, -0.2) is 10.5 Å². The molecule has 2 aromatic carbocycles. The van der Waals surface area contributed by atoms with E-state index in [4.69, 9.17) is 5.73 Å². The second-order valence-electron chi connectivity index (χ2n) is 6.64. The summed E-state index contributed by atoms with van der Waals surface area (Å²) in [7, 11) is 0. The summed E-state index contributed by atoms with van der Waals surface area (Å²) in [4.78, 5) is 11.8. The molecular formula is C22H23FN2O. The molecule has 0 bridgehead atoms. The lowest BCUT2D eigenvalue weighted by atomic mass is 10.1. The molecule has 4 heteroatoms. The molecule has 1 heterocycles. The summed E-state index contributed by atoms with van der Waals surface area (Å²) in [6.07, 6.45) is 1.86. The zero-order chi connectivity index (χ0) is 18.7. The topological polar surface area (TPSA) is 48.0 Å². The second kappa shape index (κ2) is 7.56. The van der Waals surface area contributed by atoms with Crippen LogP contribution in [0.1, 0.15) is 41.0 Å². The van der Waals surface area contributed by atoms with Gasteiger partial charge in [0.2, 0.25) is 0 Å². The van der Waals surface area contributed by atoms with Gasteiger partial charge in [-0.1, -0.05) is 30.3 Å². The fraction of sp³-hybridized carbons (Fsp3) is 0.227. The predicted octanol–water partition coefficient (Wildman–Crippen LogP) is 4.90. The van der Waals surface area contributed by atoms with Gasteiger partial charge in [0.25, 0.3) is 5.91 Å². The minimum atomic E-state index is -0.445. The molecular weight excluding hydrogens is 327 g/mol. The molecule has 3 rings (SSSR count). The number of nitrogens with zero attached hydrogens (tertiary/aromatic N) is 1. The highest BCUT2D eigenvalue weighted by Crippen LogP contribution is 2.31. The maximum Gasteiger partial charge on any atom is 0.250 e. The van der Waals surface area contributed by atoms with E-state index in [-0.39, 0.29) is 11.9 Å². The fourth-order valence-corrected chi connectivity index (χ4v) is 3.43. The average Bonchev–Trinajstić information content (AvgIpc) is 2.99. The summed E-state index contributed by atoms with van der Waals surface area (Å²) in [5, 5.41) is 0. The maximum absolute atomic E-state index is 13.3. The standard InChI is InChI=1S/C22H23FN2O/c1-15(8-9-17-6-4-3-5-7-17)25-16(2)20(22(24)26)14-21(25)18-10-12-19(23)13-11-18/h3-7,10-15H,8-9H2,1-2H3,(H2,24,26). The Kier molecular flexibility index (Phi) is 5.21. The summed E-state index contributed by atoms with van der Waals surface area (Å²) < 4.78 is 15.4. The highest BCUT2D eigenvalue weighted by molar-refractivity contribution is 5.95. The van der Waals surface area contributed by atoms with Gasteiger partial charge in [0.15, 0.2) is 0 Å². The molecule has 0 saturated heterocycles. The first kappa shape index (κ1) is 17.9. The molecule has 3 nitrogen and oxygen atoms in total. The molecule has 1 atom stereocenters. The Morgan fingerprint density at radius 2 is 1.77 bits per heavy atom. The van der Waals surface area contributed by atoms with E-state index >= 15 is 0 Å². The number of primary amides is 1. The molecule has 1 amide bonds. The SMILES string of the molecule is Cc1c(C(N)=O)cc(-c2ccc(F)cc2)n1C(C)CCc1ccccc1. The largest absolute Gasteiger partial charge is 0.366 e. The lowest BCUT2D eigenvalue weighted by Crippen LogP contribution is -2.14. The normalized spacial score (nSPS) is 12.1. The number of carbonyl (C=O) groups excluding carboxylic acids is 1. The maximum atomic E-state index is 13.3. The number of aryl methyl sites for hydroxylation is 1. The van der Waals surface area contributed by atoms with Crippen molar-refractivity contribution in [1.29, 1.82) is 0 Å². The Balaban J connectivity index is 1.95. The van der Waals surface area contributed by atoms with E-state index < -0.39 is 5.91 Å². The van der Waals surface area contributed by atoms with Gasteiger partial charge >= 0.3 is 0 Å². The summed E-state index contributed by atoms with van der Waals surface area (Å²) in [6, 6.07) is 18.6. The Morgan fingerprint density at radius 1 is 1.12 bits per heavy atom. The quantitative estimate of drug-likeness (QED) is 0.676. The van der Waals surface area contributed by atoms with Crippen LogP contribution < -0.4 is 5.73 Å². The van der Waals surface area contributed by atoms with Crippen LogP contribution in [0.25, 0.3) is 11.3 Å². The molecule has 0 fully saturated rings. The number of carbonyl (C=O) groups is 1. The van der Waals surface area contributed by atoms with Crippen molar-refractivity contribution < 1.29 is 9.18 Å². The Bertz CT molecular complexity index is 898. The van der Waals surface area contributed by atoms with Gasteiger partial charge in [-0.3, -0.25) is 4.79 Å². The highest BCUT2D eigenvalue weighted by atomic mass is 19.1. The summed E-state index contributed by atoms with van der Waals surface area (Å²) in [6.45, 7) is 4.04. The van der Waals surface area contributed by atoms with E-state index in [1.54, 1.807) is 12.1 Å². The second-order valence-corrected chi connectivity index (χ2v) is 6.64. The predicted molar refractivity (Wildman–Crippen MR) is 103 cm³/mol. The van der Waals surface area contributed by atoms with E-state index in [9.17, 15) is 9.18 Å². The van der Waals surface area contributed by atoms with Crippen molar-refractivity contribution >= 4 is 5.91 Å². The summed E-state index contributed by atoms with van der Waals surface area (Å²) in [5.41, 5.74) is 9.94. The molecule has 2 N–H and O–H groups in total. The smallest absolute Gasteiger partial charge is 0.250 e. The van der Waals surface area contributed by atoms with Crippen LogP contribution in [0, 0.1) is 12.7 Å². The van der Waals surface area contributed by atoms with E-state index in [0.717, 1.165) is 29.8 Å². The molecule has 26 heavy (non-hydrogen) atoms. The van der Waals surface area contributed by atoms with Crippen LogP contribution in [0.3, 0.4) is 0 Å².